The van der Waals surface area contributed by atoms with Gasteiger partial charge >= 0.3 is 0 Å². The number of sulfonamides is 1. The predicted octanol–water partition coefficient (Wildman–Crippen LogP) is 2.80. The number of halogens is 2. The molecule has 0 bridgehead atoms. The van der Waals surface area contributed by atoms with Crippen LogP contribution in [0.5, 0.6) is 0 Å². The van der Waals surface area contributed by atoms with Gasteiger partial charge in [0.1, 0.15) is 11.5 Å². The Kier molecular flexibility index (Phi) is 7.67. The molecule has 0 saturated heterocycles. The minimum Gasteiger partial charge on any atom is -0.364 e. The second-order valence-electron chi connectivity index (χ2n) is 7.99. The van der Waals surface area contributed by atoms with Crippen LogP contribution in [0.25, 0.3) is 0 Å². The highest BCUT2D eigenvalue weighted by Gasteiger charge is 2.30. The zero-order valence-electron chi connectivity index (χ0n) is 20.3. The van der Waals surface area contributed by atoms with Gasteiger partial charge in [-0.3, -0.25) is 14.1 Å². The molecular formula is C22H26F2N8O3S. The number of nitrogens with zero attached hydrogens (tertiary/aromatic N) is 5. The summed E-state index contributed by atoms with van der Waals surface area (Å²) in [5.41, 5.74) is 1.49. The molecule has 3 aromatic rings. The summed E-state index contributed by atoms with van der Waals surface area (Å²) in [5.74, 6) is -3.58. The molecule has 2 heterocycles. The smallest absolute Gasteiger partial charge is 0.275 e. The lowest BCUT2D eigenvalue weighted by atomic mass is 10.1. The zero-order valence-corrected chi connectivity index (χ0v) is 21.1. The maximum atomic E-state index is 14.3. The van der Waals surface area contributed by atoms with Gasteiger partial charge in [0, 0.05) is 50.9 Å². The SMILES string of the molecule is CNC(=O)c1ccc(Nc2ncc(C(C)(F)F)c(NCc3nccnc3N(C)S(C)(=O)=O)n2)cc1C. The van der Waals surface area contributed by atoms with Gasteiger partial charge < -0.3 is 16.0 Å². The molecule has 3 N–H and O–H groups in total. The number of alkyl halides is 2. The van der Waals surface area contributed by atoms with E-state index in [1.54, 1.807) is 25.1 Å². The number of carbonyl (C=O) groups excluding carboxylic acids is 1. The lowest BCUT2D eigenvalue weighted by Crippen LogP contribution is -2.27. The molecule has 1 amide bonds. The summed E-state index contributed by atoms with van der Waals surface area (Å²) in [4.78, 5) is 28.3. The van der Waals surface area contributed by atoms with E-state index in [2.05, 4.69) is 35.9 Å². The molecule has 3 rings (SSSR count). The fraction of sp³-hybridized carbons (Fsp3) is 0.318. The molecule has 0 atom stereocenters. The molecule has 0 spiro atoms. The Morgan fingerprint density at radius 2 is 1.86 bits per heavy atom. The van der Waals surface area contributed by atoms with E-state index in [1.807, 2.05) is 0 Å². The highest BCUT2D eigenvalue weighted by molar-refractivity contribution is 7.92. The van der Waals surface area contributed by atoms with Gasteiger partial charge in [0.25, 0.3) is 11.8 Å². The van der Waals surface area contributed by atoms with Gasteiger partial charge in [-0.05, 0) is 30.7 Å². The predicted molar refractivity (Wildman–Crippen MR) is 132 cm³/mol. The third kappa shape index (κ3) is 6.19. The van der Waals surface area contributed by atoms with Crippen LogP contribution in [0.15, 0.2) is 36.8 Å². The van der Waals surface area contributed by atoms with Gasteiger partial charge in [-0.25, -0.2) is 27.2 Å². The number of anilines is 4. The van der Waals surface area contributed by atoms with Gasteiger partial charge in [-0.15, -0.1) is 0 Å². The van der Waals surface area contributed by atoms with Gasteiger partial charge in [0.15, 0.2) is 5.82 Å². The Labute approximate surface area is 207 Å². The number of carbonyl (C=O) groups is 1. The van der Waals surface area contributed by atoms with Crippen molar-refractivity contribution >= 4 is 39.2 Å². The van der Waals surface area contributed by atoms with Crippen LogP contribution in [0.2, 0.25) is 0 Å². The number of aromatic nitrogens is 4. The average Bonchev–Trinajstić information content (AvgIpc) is 2.81. The van der Waals surface area contributed by atoms with Crippen molar-refractivity contribution < 1.29 is 22.0 Å². The van der Waals surface area contributed by atoms with E-state index >= 15 is 0 Å². The highest BCUT2D eigenvalue weighted by atomic mass is 32.2. The number of hydrogen-bond donors (Lipinski definition) is 3. The van der Waals surface area contributed by atoms with Crippen molar-refractivity contribution in [1.82, 2.24) is 25.3 Å². The summed E-state index contributed by atoms with van der Waals surface area (Å²) in [6.07, 6.45) is 4.71. The third-order valence-electron chi connectivity index (χ3n) is 5.19. The lowest BCUT2D eigenvalue weighted by molar-refractivity contribution is 0.0176. The minimum atomic E-state index is -3.63. The van der Waals surface area contributed by atoms with Crippen molar-refractivity contribution in [3.05, 3.63) is 59.2 Å². The fourth-order valence-electron chi connectivity index (χ4n) is 3.23. The summed E-state index contributed by atoms with van der Waals surface area (Å²) in [5, 5.41) is 8.30. The quantitative estimate of drug-likeness (QED) is 0.388. The number of benzene rings is 1. The minimum absolute atomic E-state index is 0.0326. The van der Waals surface area contributed by atoms with E-state index < -0.39 is 21.5 Å². The van der Waals surface area contributed by atoms with Crippen molar-refractivity contribution in [2.45, 2.75) is 26.3 Å². The molecule has 0 aliphatic heterocycles. The second-order valence-corrected chi connectivity index (χ2v) is 10.0. The van der Waals surface area contributed by atoms with E-state index in [4.69, 9.17) is 0 Å². The largest absolute Gasteiger partial charge is 0.364 e. The van der Waals surface area contributed by atoms with E-state index in [-0.39, 0.29) is 35.7 Å². The summed E-state index contributed by atoms with van der Waals surface area (Å²) in [7, 11) is -0.775. The summed E-state index contributed by atoms with van der Waals surface area (Å²) < 4.78 is 53.4. The van der Waals surface area contributed by atoms with Gasteiger partial charge in [0.2, 0.25) is 16.0 Å². The van der Waals surface area contributed by atoms with Gasteiger partial charge in [-0.2, -0.15) is 4.98 Å². The Bertz CT molecular complexity index is 1380. The van der Waals surface area contributed by atoms with E-state index in [9.17, 15) is 22.0 Å². The van der Waals surface area contributed by atoms with Crippen LogP contribution in [-0.2, 0) is 22.5 Å². The molecule has 1 aromatic carbocycles. The normalized spacial score (nSPS) is 11.6. The van der Waals surface area contributed by atoms with E-state index in [0.29, 0.717) is 16.8 Å². The molecule has 0 unspecified atom stereocenters. The van der Waals surface area contributed by atoms with Crippen LogP contribution in [0, 0.1) is 6.92 Å². The first-order valence-electron chi connectivity index (χ1n) is 10.6. The first-order chi connectivity index (χ1) is 16.8. The molecule has 0 fully saturated rings. The maximum Gasteiger partial charge on any atom is 0.275 e. The average molecular weight is 521 g/mol. The second kappa shape index (κ2) is 10.4. The van der Waals surface area contributed by atoms with Crippen LogP contribution >= 0.6 is 0 Å². The molecule has 36 heavy (non-hydrogen) atoms. The molecule has 0 radical (unpaired) electrons. The topological polar surface area (TPSA) is 142 Å². The Balaban J connectivity index is 1.91. The lowest BCUT2D eigenvalue weighted by Gasteiger charge is -2.20. The van der Waals surface area contributed by atoms with Crippen LogP contribution in [0.3, 0.4) is 0 Å². The molecule has 11 nitrogen and oxygen atoms in total. The fourth-order valence-corrected chi connectivity index (χ4v) is 3.70. The number of hydrogen-bond acceptors (Lipinski definition) is 9. The van der Waals surface area contributed by atoms with Crippen LogP contribution in [0.4, 0.5) is 32.1 Å². The van der Waals surface area contributed by atoms with E-state index in [0.717, 1.165) is 23.7 Å². The number of nitrogens with one attached hydrogen (secondary N) is 3. The molecular weight excluding hydrogens is 494 g/mol. The van der Waals surface area contributed by atoms with Crippen molar-refractivity contribution in [2.75, 3.05) is 35.3 Å². The molecule has 14 heteroatoms. The summed E-state index contributed by atoms with van der Waals surface area (Å²) in [6.45, 7) is 2.34. The number of amides is 1. The first kappa shape index (κ1) is 26.7. The molecule has 192 valence electrons. The number of rotatable bonds is 9. The van der Waals surface area contributed by atoms with Gasteiger partial charge in [-0.1, -0.05) is 0 Å². The third-order valence-corrected chi connectivity index (χ3v) is 6.35. The molecule has 0 aliphatic rings. The standard InChI is InChI=1S/C22H26F2N8O3S/c1-13-10-14(6-7-15(13)20(33)25-3)30-21-29-11-16(22(2,23)24)18(31-21)28-12-17-19(27-9-8-26-17)32(4)36(5,34)35/h6-11H,12H2,1-5H3,(H,25,33)(H2,28,29,30,31). The molecule has 2 aromatic heterocycles. The van der Waals surface area contributed by atoms with Crippen molar-refractivity contribution in [3.8, 4) is 0 Å². The van der Waals surface area contributed by atoms with Crippen LogP contribution < -0.4 is 20.3 Å². The highest BCUT2D eigenvalue weighted by Crippen LogP contribution is 2.33. The zero-order chi connectivity index (χ0) is 26.7. The molecule has 0 aliphatic carbocycles. The summed E-state index contributed by atoms with van der Waals surface area (Å²) in [6, 6.07) is 4.97. The monoisotopic (exact) mass is 520 g/mol. The summed E-state index contributed by atoms with van der Waals surface area (Å²) >= 11 is 0. The van der Waals surface area contributed by atoms with Crippen molar-refractivity contribution in [3.63, 3.8) is 0 Å². The maximum absolute atomic E-state index is 14.3. The van der Waals surface area contributed by atoms with Crippen molar-refractivity contribution in [1.29, 1.82) is 0 Å². The van der Waals surface area contributed by atoms with Crippen molar-refractivity contribution in [2.24, 2.45) is 0 Å². The van der Waals surface area contributed by atoms with E-state index in [1.165, 1.54) is 26.5 Å². The Morgan fingerprint density at radius 3 is 2.47 bits per heavy atom. The Hall–Kier alpha value is -3.94. The number of aryl methyl sites for hydroxylation is 1. The Morgan fingerprint density at radius 1 is 1.17 bits per heavy atom. The van der Waals surface area contributed by atoms with Gasteiger partial charge in [0.05, 0.1) is 18.4 Å². The molecule has 0 saturated carbocycles. The first-order valence-corrected chi connectivity index (χ1v) is 12.5. The van der Waals surface area contributed by atoms with Crippen LogP contribution in [-0.4, -0.2) is 54.6 Å². The van der Waals surface area contributed by atoms with Crippen LogP contribution in [0.1, 0.15) is 34.1 Å².